The third kappa shape index (κ3) is 3.38. The van der Waals surface area contributed by atoms with Crippen molar-refractivity contribution < 1.29 is 13.2 Å². The molecule has 4 rings (SSSR count). The van der Waals surface area contributed by atoms with Crippen LogP contribution in [-0.4, -0.2) is 24.7 Å². The van der Waals surface area contributed by atoms with Crippen LogP contribution in [0.3, 0.4) is 0 Å². The van der Waals surface area contributed by atoms with Gasteiger partial charge in [-0.25, -0.2) is 23.1 Å². The molecule has 0 saturated heterocycles. The van der Waals surface area contributed by atoms with Crippen molar-refractivity contribution in [1.82, 2.24) is 24.7 Å². The number of aromatic nitrogens is 5. The Labute approximate surface area is 152 Å². The van der Waals surface area contributed by atoms with Crippen LogP contribution in [0.15, 0.2) is 49.1 Å². The molecule has 0 N–H and O–H groups in total. The number of pyridine rings is 1. The maximum absolute atomic E-state index is 13.6. The highest BCUT2D eigenvalue weighted by Crippen LogP contribution is 2.29. The zero-order valence-corrected chi connectivity index (χ0v) is 14.3. The minimum atomic E-state index is -2.88. The first-order valence-corrected chi connectivity index (χ1v) is 8.18. The van der Waals surface area contributed by atoms with Crippen molar-refractivity contribution in [3.63, 3.8) is 0 Å². The Morgan fingerprint density at radius 3 is 2.63 bits per heavy atom. The lowest BCUT2D eigenvalue weighted by molar-refractivity contribution is 0.146. The highest BCUT2D eigenvalue weighted by molar-refractivity contribution is 5.80. The average molecular weight is 369 g/mol. The predicted molar refractivity (Wildman–Crippen MR) is 93.8 cm³/mol. The minimum absolute atomic E-state index is 0.420. The number of fused-ring (bicyclic) bond motifs is 1. The van der Waals surface area contributed by atoms with Crippen LogP contribution >= 0.6 is 0 Å². The summed E-state index contributed by atoms with van der Waals surface area (Å²) in [5.74, 6) is -0.924. The van der Waals surface area contributed by atoms with Crippen LogP contribution in [0.25, 0.3) is 22.2 Å². The van der Waals surface area contributed by atoms with Crippen LogP contribution in [0.5, 0.6) is 0 Å². The molecule has 3 aromatic heterocycles. The van der Waals surface area contributed by atoms with Crippen LogP contribution in [0.4, 0.5) is 13.2 Å². The van der Waals surface area contributed by atoms with Crippen LogP contribution in [0.2, 0.25) is 0 Å². The van der Waals surface area contributed by atoms with Gasteiger partial charge in [-0.15, -0.1) is 0 Å². The molecule has 0 atom stereocenters. The summed E-state index contributed by atoms with van der Waals surface area (Å²) in [4.78, 5) is 12.6. The first-order chi connectivity index (χ1) is 13.0. The Morgan fingerprint density at radius 2 is 1.85 bits per heavy atom. The summed E-state index contributed by atoms with van der Waals surface area (Å²) >= 11 is 0. The van der Waals surface area contributed by atoms with Gasteiger partial charge in [0.2, 0.25) is 0 Å². The molecule has 0 aliphatic rings. The second kappa shape index (κ2) is 6.79. The number of hydrogen-bond acceptors (Lipinski definition) is 4. The van der Waals surface area contributed by atoms with E-state index in [1.165, 1.54) is 12.4 Å². The monoisotopic (exact) mass is 369 g/mol. The summed E-state index contributed by atoms with van der Waals surface area (Å²) in [6.45, 7) is 2.30. The molecule has 8 heteroatoms. The van der Waals surface area contributed by atoms with E-state index < -0.39 is 17.8 Å². The molecule has 0 fully saturated rings. The molecule has 0 aliphatic heterocycles. The predicted octanol–water partition coefficient (Wildman–Crippen LogP) is 4.32. The largest absolute Gasteiger partial charge is 0.266 e. The van der Waals surface area contributed by atoms with E-state index in [2.05, 4.69) is 20.1 Å². The van der Waals surface area contributed by atoms with Gasteiger partial charge in [-0.1, -0.05) is 6.07 Å². The van der Waals surface area contributed by atoms with Crippen molar-refractivity contribution in [2.24, 2.45) is 0 Å². The van der Waals surface area contributed by atoms with Gasteiger partial charge in [0.1, 0.15) is 17.7 Å². The molecule has 1 aromatic carbocycles. The van der Waals surface area contributed by atoms with E-state index in [9.17, 15) is 13.2 Å². The molecule has 0 bridgehead atoms. The number of alkyl halides is 2. The summed E-state index contributed by atoms with van der Waals surface area (Å²) in [7, 11) is 0. The molecular formula is C19H14F3N5. The van der Waals surface area contributed by atoms with E-state index >= 15 is 0 Å². The Hall–Kier alpha value is -3.29. The standard InChI is InChI=1S/C19H14F3N5/c1-11-4-14(25-10-24-11)9-27-18-6-13(7-23-17(18)8-26-27)12-2-3-16(20)15(5-12)19(21)22/h2-8,10,19H,9H2,1H3. The molecule has 5 nitrogen and oxygen atoms in total. The lowest BCUT2D eigenvalue weighted by atomic mass is 10.0. The normalized spacial score (nSPS) is 11.4. The molecule has 3 heterocycles. The molecule has 0 amide bonds. The Balaban J connectivity index is 1.75. The summed E-state index contributed by atoms with van der Waals surface area (Å²) in [6.07, 6.45) is 1.80. The first kappa shape index (κ1) is 17.1. The summed E-state index contributed by atoms with van der Waals surface area (Å²) in [5, 5.41) is 4.33. The summed E-state index contributed by atoms with van der Waals surface area (Å²) in [5.41, 5.74) is 3.47. The second-order valence-electron chi connectivity index (χ2n) is 6.12. The fourth-order valence-corrected chi connectivity index (χ4v) is 2.88. The quantitative estimate of drug-likeness (QED) is 0.538. The van der Waals surface area contributed by atoms with Gasteiger partial charge in [-0.3, -0.25) is 9.67 Å². The lowest BCUT2D eigenvalue weighted by Crippen LogP contribution is -2.04. The van der Waals surface area contributed by atoms with Crippen LogP contribution in [-0.2, 0) is 6.54 Å². The highest BCUT2D eigenvalue weighted by Gasteiger charge is 2.15. The maximum Gasteiger partial charge on any atom is 0.266 e. The van der Waals surface area contributed by atoms with Crippen molar-refractivity contribution in [1.29, 1.82) is 0 Å². The first-order valence-electron chi connectivity index (χ1n) is 8.18. The number of rotatable bonds is 4. The van der Waals surface area contributed by atoms with Crippen LogP contribution in [0, 0.1) is 12.7 Å². The maximum atomic E-state index is 13.6. The van der Waals surface area contributed by atoms with Crippen molar-refractivity contribution in [2.75, 3.05) is 0 Å². The van der Waals surface area contributed by atoms with E-state index in [0.29, 0.717) is 23.2 Å². The molecule has 0 saturated carbocycles. The van der Waals surface area contributed by atoms with E-state index in [-0.39, 0.29) is 0 Å². The fourth-order valence-electron chi connectivity index (χ4n) is 2.88. The Morgan fingerprint density at radius 1 is 1.00 bits per heavy atom. The molecule has 0 spiro atoms. The molecule has 0 unspecified atom stereocenters. The van der Waals surface area contributed by atoms with Gasteiger partial charge in [-0.05, 0) is 36.8 Å². The van der Waals surface area contributed by atoms with Gasteiger partial charge in [0, 0.05) is 17.5 Å². The minimum Gasteiger partial charge on any atom is -0.257 e. The molecule has 136 valence electrons. The number of aryl methyl sites for hydroxylation is 1. The van der Waals surface area contributed by atoms with Crippen molar-refractivity contribution in [3.8, 4) is 11.1 Å². The van der Waals surface area contributed by atoms with E-state index in [1.807, 2.05) is 13.0 Å². The Bertz CT molecular complexity index is 1120. The van der Waals surface area contributed by atoms with Gasteiger partial charge in [0.15, 0.2) is 0 Å². The molecular weight excluding hydrogens is 355 g/mol. The van der Waals surface area contributed by atoms with Crippen molar-refractivity contribution in [2.45, 2.75) is 19.9 Å². The molecule has 27 heavy (non-hydrogen) atoms. The average Bonchev–Trinajstić information content (AvgIpc) is 3.04. The van der Waals surface area contributed by atoms with Gasteiger partial charge >= 0.3 is 0 Å². The molecule has 4 aromatic rings. The fraction of sp³-hybridized carbons (Fsp3) is 0.158. The van der Waals surface area contributed by atoms with Crippen molar-refractivity contribution >= 4 is 11.0 Å². The molecule has 0 radical (unpaired) electrons. The van der Waals surface area contributed by atoms with Crippen LogP contribution < -0.4 is 0 Å². The van der Waals surface area contributed by atoms with Crippen molar-refractivity contribution in [3.05, 3.63) is 71.8 Å². The summed E-state index contributed by atoms with van der Waals surface area (Å²) < 4.78 is 41.3. The van der Waals surface area contributed by atoms with Gasteiger partial charge in [0.05, 0.1) is 29.5 Å². The Kier molecular flexibility index (Phi) is 4.31. The zero-order valence-electron chi connectivity index (χ0n) is 14.3. The second-order valence-corrected chi connectivity index (χ2v) is 6.12. The number of hydrogen-bond donors (Lipinski definition) is 0. The van der Waals surface area contributed by atoms with Crippen LogP contribution in [0.1, 0.15) is 23.4 Å². The topological polar surface area (TPSA) is 56.5 Å². The zero-order chi connectivity index (χ0) is 19.0. The lowest BCUT2D eigenvalue weighted by Gasteiger charge is -2.08. The smallest absolute Gasteiger partial charge is 0.257 e. The van der Waals surface area contributed by atoms with E-state index in [0.717, 1.165) is 29.0 Å². The third-order valence-corrected chi connectivity index (χ3v) is 4.23. The van der Waals surface area contributed by atoms with Gasteiger partial charge < -0.3 is 0 Å². The SMILES string of the molecule is Cc1cc(Cn2ncc3ncc(-c4ccc(F)c(C(F)F)c4)cc32)ncn1. The van der Waals surface area contributed by atoms with E-state index in [4.69, 9.17) is 0 Å². The number of nitrogens with zero attached hydrogens (tertiary/aromatic N) is 5. The third-order valence-electron chi connectivity index (χ3n) is 4.23. The summed E-state index contributed by atoms with van der Waals surface area (Å²) in [6, 6.07) is 7.31. The van der Waals surface area contributed by atoms with Gasteiger partial charge in [-0.2, -0.15) is 5.10 Å². The highest BCUT2D eigenvalue weighted by atomic mass is 19.3. The molecule has 0 aliphatic carbocycles. The number of benzene rings is 1. The van der Waals surface area contributed by atoms with Gasteiger partial charge in [0.25, 0.3) is 6.43 Å². The number of halogens is 3. The van der Waals surface area contributed by atoms with E-state index in [1.54, 1.807) is 23.1 Å².